The number of aryl methyl sites for hydroxylation is 2. The lowest BCUT2D eigenvalue weighted by Crippen LogP contribution is -2.08. The number of nitrogens with two attached hydrogens (primary N) is 1. The average Bonchev–Trinajstić information content (AvgIpc) is 3.49. The molecule has 0 radical (unpaired) electrons. The standard InChI is InChI=1S/C49H42N10O10S2.2O3S/c1-28-19-36(11-17-40(28)54-52-35-12-18-41(29(2)20-35)55-59-45-24-39-30(23-48(45)71(65,66)67)5-4-6-47(39)70(62,63)64)53-57-43-25-46(68-3)44(22-32(43)26-60)58-56-42-16-7-31-21-34(10-15-38(31)49(42)61)51-27-69-37-13-8-33(50)9-14-37;2*1-4(2)3/h4-25,51,60-61H,26-27,50H2,1-3H3,(H,62,63,64)(H,65,66,67);;. The van der Waals surface area contributed by atoms with Crippen LogP contribution in [-0.4, -0.2) is 75.2 Å². The van der Waals surface area contributed by atoms with Gasteiger partial charge in [0, 0.05) is 33.8 Å². The summed E-state index contributed by atoms with van der Waals surface area (Å²) in [5, 5.41) is 60.3. The maximum atomic E-state index is 12.2. The quantitative estimate of drug-likeness (QED) is 0.0226. The molecule has 0 unspecified atom stereocenters. The Morgan fingerprint density at radius 3 is 1.65 bits per heavy atom. The first-order chi connectivity index (χ1) is 37.4. The van der Waals surface area contributed by atoms with Crippen LogP contribution >= 0.6 is 0 Å². The third-order valence-electron chi connectivity index (χ3n) is 10.8. The molecule has 0 saturated heterocycles. The van der Waals surface area contributed by atoms with Gasteiger partial charge in [-0.3, -0.25) is 9.11 Å². The topological polar surface area (TPSA) is 407 Å². The number of hydrogen-bond acceptors (Lipinski definition) is 24. The number of phenolic OH excluding ortho intramolecular Hbond substituents is 1. The highest BCUT2D eigenvalue weighted by molar-refractivity contribution is 7.86. The van der Waals surface area contributed by atoms with Crippen LogP contribution < -0.4 is 20.5 Å². The van der Waals surface area contributed by atoms with Crippen LogP contribution in [0.1, 0.15) is 16.7 Å². The van der Waals surface area contributed by atoms with Crippen LogP contribution in [-0.2, 0) is 48.1 Å². The van der Waals surface area contributed by atoms with Crippen molar-refractivity contribution in [3.8, 4) is 17.2 Å². The minimum Gasteiger partial charge on any atom is -0.505 e. The van der Waals surface area contributed by atoms with Gasteiger partial charge in [0.15, 0.2) is 12.5 Å². The number of hydrogen-bond donors (Lipinski definition) is 6. The molecule has 30 heteroatoms. The lowest BCUT2D eigenvalue weighted by atomic mass is 10.1. The number of azo groups is 4. The van der Waals surface area contributed by atoms with E-state index in [1.807, 2.05) is 25.1 Å². The molecule has 0 atom stereocenters. The predicted molar refractivity (Wildman–Crippen MR) is 287 cm³/mol. The van der Waals surface area contributed by atoms with Crippen LogP contribution in [0.3, 0.4) is 0 Å². The van der Waals surface area contributed by atoms with Crippen LogP contribution in [0, 0.1) is 13.8 Å². The van der Waals surface area contributed by atoms with Gasteiger partial charge in [0.1, 0.15) is 38.4 Å². The normalized spacial score (nSPS) is 11.7. The Bertz CT molecular complexity index is 4190. The SMILES string of the molecule is COc1cc(N=Nc2ccc(N=Nc3ccc(N=Nc4cc5c(S(=O)(=O)O)cccc5cc4S(=O)(=O)O)c(C)c3)c(C)c2)c(CO)cc1N=Nc1ccc2cc(NCOc3ccc(N)cc3)ccc2c1O.O=S(=O)=O.O=S(=O)=O. The molecule has 0 spiro atoms. The first-order valence-electron chi connectivity index (χ1n) is 22.2. The molecule has 0 aliphatic rings. The summed E-state index contributed by atoms with van der Waals surface area (Å²) in [7, 11) is -14.3. The summed E-state index contributed by atoms with van der Waals surface area (Å²) in [4.78, 5) is -1.08. The molecule has 0 aromatic heterocycles. The highest BCUT2D eigenvalue weighted by atomic mass is 32.2. The number of nitrogens with zero attached hydrogens (tertiary/aromatic N) is 8. The minimum atomic E-state index is -4.81. The monoisotopic (exact) mass is 1150 g/mol. The van der Waals surface area contributed by atoms with E-state index in [4.69, 9.17) is 40.5 Å². The number of ether oxygens (including phenoxy) is 2. The Balaban J connectivity index is 0.00000118. The molecule has 8 aromatic rings. The van der Waals surface area contributed by atoms with Crippen LogP contribution in [0.4, 0.5) is 56.9 Å². The average molecular weight is 1160 g/mol. The van der Waals surface area contributed by atoms with Gasteiger partial charge < -0.3 is 30.7 Å². The summed E-state index contributed by atoms with van der Waals surface area (Å²) < 4.78 is 130. The number of methoxy groups -OCH3 is 1. The van der Waals surface area contributed by atoms with E-state index in [-0.39, 0.29) is 40.3 Å². The first kappa shape index (κ1) is 59.0. The van der Waals surface area contributed by atoms with Crippen molar-refractivity contribution in [2.75, 3.05) is 24.9 Å². The summed E-state index contributed by atoms with van der Waals surface area (Å²) in [5.74, 6) is 0.895. The molecule has 8 aromatic carbocycles. The van der Waals surface area contributed by atoms with Crippen LogP contribution in [0.5, 0.6) is 17.2 Å². The van der Waals surface area contributed by atoms with E-state index in [2.05, 4.69) is 46.2 Å². The Morgan fingerprint density at radius 2 is 1.08 bits per heavy atom. The highest BCUT2D eigenvalue weighted by Gasteiger charge is 2.21. The maximum Gasteiger partial charge on any atom is 0.425 e. The molecular weight excluding hydrogens is 1110 g/mol. The fourth-order valence-corrected chi connectivity index (χ4v) is 8.51. The summed E-state index contributed by atoms with van der Waals surface area (Å²) in [5.41, 5.74) is 11.1. The van der Waals surface area contributed by atoms with Crippen LogP contribution in [0.25, 0.3) is 21.5 Å². The zero-order chi connectivity index (χ0) is 57.6. The Labute approximate surface area is 452 Å². The molecule has 0 amide bonds. The minimum absolute atomic E-state index is 0.0252. The van der Waals surface area contributed by atoms with Gasteiger partial charge in [-0.2, -0.15) is 42.4 Å². The molecule has 0 aliphatic carbocycles. The number of nitrogen functional groups attached to an aromatic ring is 1. The van der Waals surface area contributed by atoms with Gasteiger partial charge in [-0.1, -0.05) is 18.2 Å². The van der Waals surface area contributed by atoms with Crippen molar-refractivity contribution < 1.29 is 70.9 Å². The first-order valence-corrected chi connectivity index (χ1v) is 27.0. The molecule has 7 N–H and O–H groups in total. The van der Waals surface area contributed by atoms with Crippen molar-refractivity contribution in [1.82, 2.24) is 0 Å². The fraction of sp³-hybridized carbons (Fsp3) is 0.102. The van der Waals surface area contributed by atoms with E-state index < -0.39 is 57.9 Å². The molecule has 8 rings (SSSR count). The number of nitrogens with one attached hydrogen (secondary N) is 1. The summed E-state index contributed by atoms with van der Waals surface area (Å²) in [6.07, 6.45) is 0. The van der Waals surface area contributed by atoms with E-state index >= 15 is 0 Å². The lowest BCUT2D eigenvalue weighted by Gasteiger charge is -2.11. The van der Waals surface area contributed by atoms with Crippen molar-refractivity contribution in [1.29, 1.82) is 0 Å². The molecular formula is C49H42N10O16S4. The van der Waals surface area contributed by atoms with Crippen LogP contribution in [0.15, 0.2) is 184 Å². The second-order valence-electron chi connectivity index (χ2n) is 16.1. The molecule has 0 saturated carbocycles. The summed E-state index contributed by atoms with van der Waals surface area (Å²) in [6.45, 7) is 3.35. The van der Waals surface area contributed by atoms with E-state index in [1.165, 1.54) is 19.2 Å². The molecule has 408 valence electrons. The van der Waals surface area contributed by atoms with Gasteiger partial charge >= 0.3 is 21.2 Å². The number of aliphatic hydroxyl groups excluding tert-OH is 1. The molecule has 0 fully saturated rings. The smallest absolute Gasteiger partial charge is 0.425 e. The Kier molecular flexibility index (Phi) is 19.5. The number of aliphatic hydroxyl groups is 1. The lowest BCUT2D eigenvalue weighted by molar-refractivity contribution is 0.282. The number of rotatable bonds is 16. The number of benzene rings is 8. The van der Waals surface area contributed by atoms with Crippen LogP contribution in [0.2, 0.25) is 0 Å². The third kappa shape index (κ3) is 16.4. The largest absolute Gasteiger partial charge is 0.505 e. The van der Waals surface area contributed by atoms with Gasteiger partial charge in [0.2, 0.25) is 0 Å². The molecule has 0 bridgehead atoms. The van der Waals surface area contributed by atoms with Crippen molar-refractivity contribution in [3.63, 3.8) is 0 Å². The third-order valence-corrected chi connectivity index (χ3v) is 12.6. The van der Waals surface area contributed by atoms with Gasteiger partial charge in [0.25, 0.3) is 20.2 Å². The number of anilines is 2. The second-order valence-corrected chi connectivity index (χ2v) is 19.7. The second kappa shape index (κ2) is 26.2. The Hall–Kier alpha value is -9.30. The fourth-order valence-electron chi connectivity index (χ4n) is 7.16. The Morgan fingerprint density at radius 1 is 0.544 bits per heavy atom. The van der Waals surface area contributed by atoms with Crippen molar-refractivity contribution >= 4 is 120 Å². The number of aromatic hydroxyl groups is 1. The van der Waals surface area contributed by atoms with Gasteiger partial charge in [0.05, 0.1) is 42.2 Å². The molecule has 0 heterocycles. The van der Waals surface area contributed by atoms with Crippen molar-refractivity contribution in [3.05, 3.63) is 150 Å². The summed E-state index contributed by atoms with van der Waals surface area (Å²) in [6, 6.07) is 35.1. The van der Waals surface area contributed by atoms with E-state index in [0.717, 1.165) is 34.8 Å². The number of phenols is 1. The van der Waals surface area contributed by atoms with E-state index in [9.17, 15) is 36.2 Å². The van der Waals surface area contributed by atoms with Gasteiger partial charge in [-0.25, -0.2) is 0 Å². The van der Waals surface area contributed by atoms with Crippen molar-refractivity contribution in [2.24, 2.45) is 40.9 Å². The molecule has 0 aliphatic heterocycles. The predicted octanol–water partition coefficient (Wildman–Crippen LogP) is 11.0. The van der Waals surface area contributed by atoms with Gasteiger partial charge in [-0.15, -0.1) is 40.6 Å². The zero-order valence-electron chi connectivity index (χ0n) is 41.1. The molecule has 26 nitrogen and oxygen atoms in total. The zero-order valence-corrected chi connectivity index (χ0v) is 44.4. The molecule has 79 heavy (non-hydrogen) atoms. The maximum absolute atomic E-state index is 12.2. The van der Waals surface area contributed by atoms with Gasteiger partial charge in [-0.05, 0) is 145 Å². The summed E-state index contributed by atoms with van der Waals surface area (Å²) >= 11 is 0. The number of fused-ring (bicyclic) bond motifs is 2. The highest BCUT2D eigenvalue weighted by Crippen LogP contribution is 2.41. The van der Waals surface area contributed by atoms with E-state index in [0.29, 0.717) is 62.1 Å². The van der Waals surface area contributed by atoms with E-state index in [1.54, 1.807) is 91.9 Å². The van der Waals surface area contributed by atoms with Crippen molar-refractivity contribution in [2.45, 2.75) is 30.2 Å².